The standard InChI is InChI=1S/C15H13ClN4OS/c16-12-7-5-10(6-8-12)14-18-19-15(22)20(14)17-9-11-3-1-2-4-13(11)21/h1-8,17,21H,9H2,(H,19,22). The Bertz CT molecular complexity index is 841. The van der Waals surface area contributed by atoms with E-state index in [1.807, 2.05) is 24.3 Å². The minimum Gasteiger partial charge on any atom is -0.508 e. The molecule has 0 aliphatic rings. The molecule has 0 aliphatic carbocycles. The number of phenolic OH excluding ortho intramolecular Hbond substituents is 1. The number of rotatable bonds is 4. The second kappa shape index (κ2) is 6.21. The fourth-order valence-electron chi connectivity index (χ4n) is 2.06. The first-order valence-corrected chi connectivity index (χ1v) is 7.38. The van der Waals surface area contributed by atoms with E-state index in [0.29, 0.717) is 22.2 Å². The number of aromatic hydroxyl groups is 1. The average molecular weight is 333 g/mol. The van der Waals surface area contributed by atoms with Gasteiger partial charge in [0.25, 0.3) is 0 Å². The molecule has 3 N–H and O–H groups in total. The van der Waals surface area contributed by atoms with Gasteiger partial charge in [0, 0.05) is 16.1 Å². The van der Waals surface area contributed by atoms with Crippen LogP contribution in [0, 0.1) is 4.77 Å². The molecule has 0 spiro atoms. The zero-order chi connectivity index (χ0) is 15.5. The van der Waals surface area contributed by atoms with E-state index in [0.717, 1.165) is 11.1 Å². The van der Waals surface area contributed by atoms with E-state index in [2.05, 4.69) is 15.6 Å². The van der Waals surface area contributed by atoms with Crippen LogP contribution in [0.3, 0.4) is 0 Å². The van der Waals surface area contributed by atoms with E-state index in [1.54, 1.807) is 28.9 Å². The van der Waals surface area contributed by atoms with Gasteiger partial charge in [0.15, 0.2) is 5.82 Å². The predicted molar refractivity (Wildman–Crippen MR) is 89.0 cm³/mol. The zero-order valence-corrected chi connectivity index (χ0v) is 13.0. The van der Waals surface area contributed by atoms with Crippen LogP contribution in [0.1, 0.15) is 5.56 Å². The predicted octanol–water partition coefficient (Wildman–Crippen LogP) is 3.71. The molecule has 0 aliphatic heterocycles. The summed E-state index contributed by atoms with van der Waals surface area (Å²) in [5.74, 6) is 0.884. The van der Waals surface area contributed by atoms with Gasteiger partial charge in [0.05, 0.1) is 6.54 Å². The normalized spacial score (nSPS) is 10.6. The first-order valence-electron chi connectivity index (χ1n) is 6.59. The molecule has 0 amide bonds. The summed E-state index contributed by atoms with van der Waals surface area (Å²) in [6.45, 7) is 0.418. The second-order valence-corrected chi connectivity index (χ2v) is 5.48. The summed E-state index contributed by atoms with van der Waals surface area (Å²) in [7, 11) is 0. The van der Waals surface area contributed by atoms with Crippen LogP contribution in [0.25, 0.3) is 11.4 Å². The number of hydrogen-bond donors (Lipinski definition) is 3. The number of nitrogens with zero attached hydrogens (tertiary/aromatic N) is 2. The van der Waals surface area contributed by atoms with Gasteiger partial charge in [-0.15, -0.1) is 0 Å². The Hall–Kier alpha value is -2.31. The van der Waals surface area contributed by atoms with Gasteiger partial charge >= 0.3 is 0 Å². The first-order chi connectivity index (χ1) is 10.6. The van der Waals surface area contributed by atoms with Crippen LogP contribution >= 0.6 is 23.8 Å². The van der Waals surface area contributed by atoms with Crippen molar-refractivity contribution in [3.8, 4) is 17.1 Å². The quantitative estimate of drug-likeness (QED) is 0.637. The molecule has 1 heterocycles. The van der Waals surface area contributed by atoms with E-state index < -0.39 is 0 Å². The molecule has 5 nitrogen and oxygen atoms in total. The number of H-pyrrole nitrogens is 1. The monoisotopic (exact) mass is 332 g/mol. The van der Waals surface area contributed by atoms with Crippen LogP contribution in [0.4, 0.5) is 0 Å². The fraction of sp³-hybridized carbons (Fsp3) is 0.0667. The molecular weight excluding hydrogens is 320 g/mol. The van der Waals surface area contributed by atoms with Crippen molar-refractivity contribution in [2.75, 3.05) is 5.43 Å². The molecule has 3 rings (SSSR count). The second-order valence-electron chi connectivity index (χ2n) is 4.66. The molecule has 112 valence electrons. The van der Waals surface area contributed by atoms with Gasteiger partial charge in [0.2, 0.25) is 4.77 Å². The lowest BCUT2D eigenvalue weighted by molar-refractivity contribution is 0.468. The SMILES string of the molecule is Oc1ccccc1CNn1c(-c2ccc(Cl)cc2)n[nH]c1=S. The molecule has 1 aromatic heterocycles. The summed E-state index contributed by atoms with van der Waals surface area (Å²) >= 11 is 11.1. The number of phenols is 1. The topological polar surface area (TPSA) is 65.9 Å². The molecule has 7 heteroatoms. The van der Waals surface area contributed by atoms with Crippen LogP contribution in [0.5, 0.6) is 5.75 Å². The highest BCUT2D eigenvalue weighted by Crippen LogP contribution is 2.20. The largest absolute Gasteiger partial charge is 0.508 e. The highest BCUT2D eigenvalue weighted by molar-refractivity contribution is 7.71. The summed E-state index contributed by atoms with van der Waals surface area (Å²) in [6.07, 6.45) is 0. The third kappa shape index (κ3) is 2.98. The Balaban J connectivity index is 1.88. The lowest BCUT2D eigenvalue weighted by atomic mass is 10.2. The molecule has 2 aromatic carbocycles. The molecule has 0 saturated heterocycles. The average Bonchev–Trinajstić information content (AvgIpc) is 2.88. The van der Waals surface area contributed by atoms with E-state index >= 15 is 0 Å². The van der Waals surface area contributed by atoms with Crippen LogP contribution in [-0.2, 0) is 6.54 Å². The lowest BCUT2D eigenvalue weighted by Gasteiger charge is -2.11. The van der Waals surface area contributed by atoms with Gasteiger partial charge in [-0.25, -0.2) is 9.77 Å². The highest BCUT2D eigenvalue weighted by atomic mass is 35.5. The molecule has 22 heavy (non-hydrogen) atoms. The summed E-state index contributed by atoms with van der Waals surface area (Å²) in [4.78, 5) is 0. The summed E-state index contributed by atoms with van der Waals surface area (Å²) < 4.78 is 2.12. The molecular formula is C15H13ClN4OS. The smallest absolute Gasteiger partial charge is 0.214 e. The van der Waals surface area contributed by atoms with Gasteiger partial charge in [-0.3, -0.25) is 0 Å². The van der Waals surface area contributed by atoms with Crippen molar-refractivity contribution in [1.29, 1.82) is 0 Å². The summed E-state index contributed by atoms with van der Waals surface area (Å²) in [5, 5.41) is 17.5. The summed E-state index contributed by atoms with van der Waals surface area (Å²) in [5.41, 5.74) is 4.80. The van der Waals surface area contributed by atoms with Crippen LogP contribution in [0.2, 0.25) is 5.02 Å². The van der Waals surface area contributed by atoms with Crippen molar-refractivity contribution >= 4 is 23.8 Å². The van der Waals surface area contributed by atoms with Crippen molar-refractivity contribution in [2.24, 2.45) is 0 Å². The van der Waals surface area contributed by atoms with Crippen molar-refractivity contribution in [1.82, 2.24) is 14.9 Å². The minimum absolute atomic E-state index is 0.234. The maximum Gasteiger partial charge on any atom is 0.214 e. The van der Waals surface area contributed by atoms with Crippen molar-refractivity contribution in [3.63, 3.8) is 0 Å². The zero-order valence-electron chi connectivity index (χ0n) is 11.5. The number of aromatic nitrogens is 3. The Labute approximate surface area is 137 Å². The van der Waals surface area contributed by atoms with Gasteiger partial charge in [-0.05, 0) is 42.5 Å². The Morgan fingerprint density at radius 1 is 1.18 bits per heavy atom. The van der Waals surface area contributed by atoms with Crippen molar-refractivity contribution in [2.45, 2.75) is 6.54 Å². The molecule has 0 radical (unpaired) electrons. The van der Waals surface area contributed by atoms with Crippen LogP contribution in [0.15, 0.2) is 48.5 Å². The lowest BCUT2D eigenvalue weighted by Crippen LogP contribution is -2.16. The molecule has 0 saturated carbocycles. The fourth-order valence-corrected chi connectivity index (χ4v) is 2.38. The van der Waals surface area contributed by atoms with Gasteiger partial charge in [-0.1, -0.05) is 29.8 Å². The number of hydrogen-bond acceptors (Lipinski definition) is 4. The van der Waals surface area contributed by atoms with Crippen molar-refractivity contribution < 1.29 is 5.11 Å². The Morgan fingerprint density at radius 3 is 2.64 bits per heavy atom. The van der Waals surface area contributed by atoms with E-state index in [4.69, 9.17) is 23.8 Å². The van der Waals surface area contributed by atoms with E-state index in [-0.39, 0.29) is 5.75 Å². The molecule has 3 aromatic rings. The van der Waals surface area contributed by atoms with E-state index in [1.165, 1.54) is 0 Å². The third-order valence-corrected chi connectivity index (χ3v) is 3.72. The number of halogens is 1. The molecule has 0 unspecified atom stereocenters. The van der Waals surface area contributed by atoms with Crippen LogP contribution < -0.4 is 5.43 Å². The van der Waals surface area contributed by atoms with Crippen LogP contribution in [-0.4, -0.2) is 20.0 Å². The molecule has 0 bridgehead atoms. The number of para-hydroxylation sites is 1. The Morgan fingerprint density at radius 2 is 1.91 bits per heavy atom. The van der Waals surface area contributed by atoms with Crippen molar-refractivity contribution in [3.05, 3.63) is 63.9 Å². The maximum atomic E-state index is 9.81. The summed E-state index contributed by atoms with van der Waals surface area (Å²) in [6, 6.07) is 14.5. The van der Waals surface area contributed by atoms with Gasteiger partial charge in [0.1, 0.15) is 5.75 Å². The minimum atomic E-state index is 0.234. The Kier molecular flexibility index (Phi) is 4.13. The first kappa shape index (κ1) is 14.6. The number of nitrogens with one attached hydrogen (secondary N) is 2. The molecule has 0 atom stereocenters. The third-order valence-electron chi connectivity index (χ3n) is 3.19. The van der Waals surface area contributed by atoms with Gasteiger partial charge in [-0.2, -0.15) is 5.10 Å². The highest BCUT2D eigenvalue weighted by Gasteiger charge is 2.09. The molecule has 0 fully saturated rings. The number of benzene rings is 2. The maximum absolute atomic E-state index is 9.81. The van der Waals surface area contributed by atoms with E-state index in [9.17, 15) is 5.11 Å². The number of aromatic amines is 1. The van der Waals surface area contributed by atoms with Gasteiger partial charge < -0.3 is 10.5 Å².